The molecule has 0 aliphatic rings. The number of benzene rings is 3. The molecule has 0 aliphatic carbocycles. The minimum Gasteiger partial charge on any atom is -0.508 e. The number of halogens is 17. The van der Waals surface area contributed by atoms with Gasteiger partial charge in [0, 0.05) is 14.7 Å². The molecule has 3 rings (SSSR count). The molecule has 0 amide bonds. The molecule has 0 saturated carbocycles. The van der Waals surface area contributed by atoms with Gasteiger partial charge in [-0.25, -0.2) is 3.63 Å². The van der Waals surface area contributed by atoms with Gasteiger partial charge in [0.15, 0.2) is 0 Å². The number of aromatic hydroxyl groups is 1. The van der Waals surface area contributed by atoms with Crippen LogP contribution < -0.4 is 0 Å². The molecule has 0 radical (unpaired) electrons. The van der Waals surface area contributed by atoms with Crippen molar-refractivity contribution in [2.45, 2.75) is 61.7 Å². The summed E-state index contributed by atoms with van der Waals surface area (Å²) in [6.45, 7) is 0. The maximum atomic E-state index is 15.2. The van der Waals surface area contributed by atoms with Gasteiger partial charge in [-0.15, -0.1) is 0 Å². The zero-order valence-electron chi connectivity index (χ0n) is 23.0. The van der Waals surface area contributed by atoms with E-state index in [2.05, 4.69) is 3.63 Å². The van der Waals surface area contributed by atoms with Gasteiger partial charge in [0.05, 0.1) is 0 Å². The molecule has 0 heterocycles. The zero-order valence-corrected chi connectivity index (χ0v) is 24.6. The van der Waals surface area contributed by atoms with Gasteiger partial charge in [0.25, 0.3) is 0 Å². The topological polar surface area (TPSA) is 63.6 Å². The molecular weight excluding hydrogens is 763 g/mol. The highest BCUT2D eigenvalue weighted by molar-refractivity contribution is 8.33. The van der Waals surface area contributed by atoms with E-state index in [4.69, 9.17) is 0 Å². The highest BCUT2D eigenvalue weighted by Gasteiger charge is 2.96. The first-order valence-corrected chi connectivity index (χ1v) is 15.3. The Kier molecular flexibility index (Phi) is 9.86. The number of phenols is 1. The van der Waals surface area contributed by atoms with Gasteiger partial charge in [0.1, 0.15) is 5.75 Å². The number of alkyl halides is 17. The van der Waals surface area contributed by atoms with Crippen molar-refractivity contribution in [3.8, 4) is 5.75 Å². The van der Waals surface area contributed by atoms with Gasteiger partial charge in [-0.3, -0.25) is 0 Å². The fourth-order valence-corrected chi connectivity index (χ4v) is 9.09. The molecule has 0 aliphatic heterocycles. The lowest BCUT2D eigenvalue weighted by molar-refractivity contribution is -0.458. The smallest absolute Gasteiger partial charge is 0.460 e. The molecule has 4 nitrogen and oxygen atoms in total. The Morgan fingerprint density at radius 2 is 0.735 bits per heavy atom. The van der Waals surface area contributed by atoms with Crippen molar-refractivity contribution >= 4 is 20.4 Å². The largest absolute Gasteiger partial charge is 0.508 e. The molecule has 0 aromatic heterocycles. The van der Waals surface area contributed by atoms with E-state index in [1.54, 1.807) is 0 Å². The Morgan fingerprint density at radius 3 is 1.08 bits per heavy atom. The monoisotopic (exact) mass is 778 g/mol. The summed E-state index contributed by atoms with van der Waals surface area (Å²) >= 11 is 0. The summed E-state index contributed by atoms with van der Waals surface area (Å²) in [7, 11) is -12.5. The van der Waals surface area contributed by atoms with Crippen LogP contribution in [0.15, 0.2) is 99.6 Å². The third-order valence-electron chi connectivity index (χ3n) is 6.52. The average Bonchev–Trinajstić information content (AvgIpc) is 3.00. The first-order chi connectivity index (χ1) is 21.9. The van der Waals surface area contributed by atoms with E-state index in [9.17, 15) is 79.4 Å². The summed E-state index contributed by atoms with van der Waals surface area (Å²) in [5.41, 5.74) is 0. The lowest BCUT2D eigenvalue weighted by Crippen LogP contribution is -2.75. The van der Waals surface area contributed by atoms with Gasteiger partial charge >= 0.3 is 57.1 Å². The molecule has 3 aromatic carbocycles. The SMILES string of the molecule is O=S(=O)(OS(c1ccccc1)(c1ccccc1)c1ccc(O)cc1)C(F)(F)C(F)(F)C(F)(F)C(F)(F)C(F)(F)C(F)(F)C(F)(F)C(F)(F)F. The second kappa shape index (κ2) is 12.1. The van der Waals surface area contributed by atoms with Crippen molar-refractivity contribution < 1.29 is 91.8 Å². The van der Waals surface area contributed by atoms with Crippen molar-refractivity contribution in [1.29, 1.82) is 0 Å². The molecule has 0 saturated heterocycles. The maximum Gasteiger partial charge on any atom is 0.460 e. The third kappa shape index (κ3) is 5.73. The van der Waals surface area contributed by atoms with Gasteiger partial charge in [-0.2, -0.15) is 83.1 Å². The minimum atomic E-state index is -8.99. The summed E-state index contributed by atoms with van der Waals surface area (Å²) < 4.78 is 266. The first-order valence-electron chi connectivity index (χ1n) is 12.3. The highest BCUT2D eigenvalue weighted by atomic mass is 32.3. The molecule has 0 bridgehead atoms. The van der Waals surface area contributed by atoms with E-state index in [-0.39, 0.29) is 0 Å². The molecule has 0 atom stereocenters. The summed E-state index contributed by atoms with van der Waals surface area (Å²) in [5.74, 6) is -53.1. The van der Waals surface area contributed by atoms with Crippen molar-refractivity contribution in [1.82, 2.24) is 0 Å². The van der Waals surface area contributed by atoms with Crippen molar-refractivity contribution in [2.24, 2.45) is 0 Å². The first kappa shape index (κ1) is 40.0. The normalized spacial score (nSPS) is 15.3. The zero-order chi connectivity index (χ0) is 37.9. The fraction of sp³-hybridized carbons (Fsp3) is 0.308. The number of hydrogen-bond donors (Lipinski definition) is 1. The highest BCUT2D eigenvalue weighted by Crippen LogP contribution is 2.72. The molecule has 0 spiro atoms. The number of hydrogen-bond acceptors (Lipinski definition) is 4. The van der Waals surface area contributed by atoms with Crippen LogP contribution in [0.5, 0.6) is 5.75 Å². The van der Waals surface area contributed by atoms with Crippen molar-refractivity contribution in [3.05, 3.63) is 84.9 Å². The lowest BCUT2D eigenvalue weighted by Gasteiger charge is -2.43. The van der Waals surface area contributed by atoms with E-state index < -0.39 is 87.8 Å². The molecule has 3 aromatic rings. The van der Waals surface area contributed by atoms with Crippen molar-refractivity contribution in [3.63, 3.8) is 0 Å². The van der Waals surface area contributed by atoms with E-state index >= 15 is 8.78 Å². The summed E-state index contributed by atoms with van der Waals surface area (Å²) in [6, 6.07) is 13.3. The van der Waals surface area contributed by atoms with Gasteiger partial charge in [-0.05, 0) is 58.8 Å². The predicted molar refractivity (Wildman–Crippen MR) is 134 cm³/mol. The quantitative estimate of drug-likeness (QED) is 0.186. The van der Waals surface area contributed by atoms with Crippen LogP contribution in [0.2, 0.25) is 0 Å². The second-order valence-electron chi connectivity index (χ2n) is 9.66. The average molecular weight is 779 g/mol. The van der Waals surface area contributed by atoms with Crippen LogP contribution in [0.3, 0.4) is 0 Å². The van der Waals surface area contributed by atoms with Crippen molar-refractivity contribution in [2.75, 3.05) is 0 Å². The number of rotatable bonds is 12. The van der Waals surface area contributed by atoms with E-state index in [1.165, 1.54) is 12.1 Å². The standard InChI is InChI=1S/C26H15F17O4S2/c27-19(28,21(31,32)23(35,36)25(39,40)41)20(29,30)22(33,34)24(37,38)26(42,43)49(45,46)47-48(16-7-3-1-4-8-16,17-9-5-2-6-10-17)18-13-11-15(44)12-14-18/h1-14,44H. The summed E-state index contributed by atoms with van der Waals surface area (Å²) in [4.78, 5) is -1.76. The van der Waals surface area contributed by atoms with Crippen LogP contribution in [-0.2, 0) is 13.7 Å². The summed E-state index contributed by atoms with van der Waals surface area (Å²) in [5, 5.41) is 1.77. The maximum absolute atomic E-state index is 15.2. The molecule has 1 N–H and O–H groups in total. The molecular formula is C26H15F17O4S2. The van der Waals surface area contributed by atoms with Crippen LogP contribution >= 0.6 is 10.3 Å². The third-order valence-corrected chi connectivity index (χ3v) is 11.7. The Morgan fingerprint density at radius 1 is 0.429 bits per heavy atom. The minimum absolute atomic E-state index is 0.563. The summed E-state index contributed by atoms with van der Waals surface area (Å²) in [6.07, 6.45) is -7.94. The lowest BCUT2D eigenvalue weighted by atomic mass is 9.91. The molecule has 274 valence electrons. The van der Waals surface area contributed by atoms with E-state index in [0.29, 0.717) is 0 Å². The molecule has 49 heavy (non-hydrogen) atoms. The van der Waals surface area contributed by atoms with E-state index in [1.807, 2.05) is 0 Å². The number of phenolic OH excluding ortho intramolecular Hbond substituents is 1. The second-order valence-corrected chi connectivity index (χ2v) is 14.2. The Balaban J connectivity index is 2.30. The van der Waals surface area contributed by atoms with Crippen LogP contribution in [0.4, 0.5) is 74.6 Å². The van der Waals surface area contributed by atoms with E-state index in [0.717, 1.165) is 72.8 Å². The Labute approximate surface area is 264 Å². The van der Waals surface area contributed by atoms with Gasteiger partial charge < -0.3 is 5.11 Å². The van der Waals surface area contributed by atoms with Crippen LogP contribution in [-0.4, -0.2) is 60.5 Å². The molecule has 23 heteroatoms. The van der Waals surface area contributed by atoms with Crippen LogP contribution in [0.25, 0.3) is 0 Å². The van der Waals surface area contributed by atoms with Crippen LogP contribution in [0.1, 0.15) is 0 Å². The fourth-order valence-electron chi connectivity index (χ4n) is 3.87. The van der Waals surface area contributed by atoms with Gasteiger partial charge in [-0.1, -0.05) is 36.4 Å². The molecule has 0 unspecified atom stereocenters. The molecule has 0 fully saturated rings. The van der Waals surface area contributed by atoms with Crippen LogP contribution in [0, 0.1) is 0 Å². The predicted octanol–water partition coefficient (Wildman–Crippen LogP) is 9.90. The van der Waals surface area contributed by atoms with Gasteiger partial charge in [0.2, 0.25) is 0 Å². The Bertz CT molecular complexity index is 1690. The Hall–Kier alpha value is -3.47.